The summed E-state index contributed by atoms with van der Waals surface area (Å²) in [6.07, 6.45) is 10.5. The highest BCUT2D eigenvalue weighted by Crippen LogP contribution is 2.28. The minimum Gasteiger partial charge on any atom is -0.367 e. The van der Waals surface area contributed by atoms with Crippen LogP contribution in [0.4, 0.5) is 5.82 Å². The minimum absolute atomic E-state index is 0.0153. The number of carbonyl (C=O) groups is 1. The summed E-state index contributed by atoms with van der Waals surface area (Å²) in [4.78, 5) is 26.1. The molecule has 36 heavy (non-hydrogen) atoms. The summed E-state index contributed by atoms with van der Waals surface area (Å²) in [7, 11) is 0. The molecule has 0 atom stereocenters. The number of hydrogen-bond acceptors (Lipinski definition) is 5. The topological polar surface area (TPSA) is 84.2 Å². The van der Waals surface area contributed by atoms with Gasteiger partial charge >= 0.3 is 0 Å². The van der Waals surface area contributed by atoms with Gasteiger partial charge in [0.05, 0.1) is 17.6 Å². The fourth-order valence-corrected chi connectivity index (χ4v) is 4.23. The van der Waals surface area contributed by atoms with Gasteiger partial charge < -0.3 is 10.6 Å². The highest BCUT2D eigenvalue weighted by molar-refractivity contribution is 5.95. The van der Waals surface area contributed by atoms with Crippen molar-refractivity contribution in [2.75, 3.05) is 11.9 Å². The first kappa shape index (κ1) is 22.0. The van der Waals surface area contributed by atoms with Crippen molar-refractivity contribution in [2.45, 2.75) is 25.3 Å². The maximum absolute atomic E-state index is 12.4. The molecule has 0 saturated heterocycles. The molecule has 3 heterocycles. The first-order valence-electron chi connectivity index (χ1n) is 12.2. The van der Waals surface area contributed by atoms with Gasteiger partial charge in [0.25, 0.3) is 5.91 Å². The van der Waals surface area contributed by atoms with Gasteiger partial charge in [0, 0.05) is 47.9 Å². The molecule has 0 radical (unpaired) electrons. The van der Waals surface area contributed by atoms with Gasteiger partial charge in [-0.05, 0) is 49.1 Å². The molecule has 1 aliphatic carbocycles. The van der Waals surface area contributed by atoms with Crippen molar-refractivity contribution in [2.24, 2.45) is 0 Å². The average Bonchev–Trinajstić information content (AvgIpc) is 3.64. The first-order valence-corrected chi connectivity index (χ1v) is 12.2. The Hall–Kier alpha value is -4.52. The van der Waals surface area contributed by atoms with Gasteiger partial charge in [0.1, 0.15) is 0 Å². The molecule has 1 saturated carbocycles. The van der Waals surface area contributed by atoms with Crippen molar-refractivity contribution in [3.8, 4) is 22.5 Å². The molecule has 178 valence electrons. The number of anilines is 1. The zero-order valence-corrected chi connectivity index (χ0v) is 19.8. The molecule has 1 aliphatic rings. The number of aromatic nitrogens is 4. The van der Waals surface area contributed by atoms with Gasteiger partial charge in [-0.25, -0.2) is 9.97 Å². The Labute approximate surface area is 209 Å². The van der Waals surface area contributed by atoms with Crippen LogP contribution in [0.3, 0.4) is 0 Å². The fraction of sp³-hybridized carbons (Fsp3) is 0.172. The number of rotatable bonds is 8. The molecule has 3 aromatic heterocycles. The number of benzene rings is 2. The smallest absolute Gasteiger partial charge is 0.251 e. The quantitative estimate of drug-likeness (QED) is 0.330. The molecule has 0 spiro atoms. The molecule has 0 unspecified atom stereocenters. The van der Waals surface area contributed by atoms with E-state index >= 15 is 0 Å². The van der Waals surface area contributed by atoms with Crippen molar-refractivity contribution in [1.29, 1.82) is 0 Å². The molecule has 2 N–H and O–H groups in total. The second kappa shape index (κ2) is 9.62. The van der Waals surface area contributed by atoms with Crippen molar-refractivity contribution in [3.05, 3.63) is 103 Å². The van der Waals surface area contributed by atoms with Crippen LogP contribution < -0.4 is 10.6 Å². The van der Waals surface area contributed by atoms with Crippen LogP contribution in [0, 0.1) is 0 Å². The van der Waals surface area contributed by atoms with Crippen LogP contribution in [0.5, 0.6) is 0 Å². The zero-order chi connectivity index (χ0) is 24.3. The Morgan fingerprint density at radius 1 is 0.944 bits per heavy atom. The van der Waals surface area contributed by atoms with E-state index in [1.165, 1.54) is 5.56 Å². The summed E-state index contributed by atoms with van der Waals surface area (Å²) in [5.41, 5.74) is 6.45. The number of hydrogen-bond donors (Lipinski definition) is 2. The Bertz CT molecular complexity index is 1490. The zero-order valence-electron chi connectivity index (χ0n) is 19.8. The van der Waals surface area contributed by atoms with E-state index in [0.717, 1.165) is 59.8 Å². The Morgan fingerprint density at radius 2 is 1.72 bits per heavy atom. The molecule has 5 aromatic rings. The molecule has 6 rings (SSSR count). The number of amides is 1. The lowest BCUT2D eigenvalue weighted by atomic mass is 10.1. The van der Waals surface area contributed by atoms with Gasteiger partial charge in [-0.15, -0.1) is 0 Å². The van der Waals surface area contributed by atoms with Crippen LogP contribution in [0.2, 0.25) is 0 Å². The summed E-state index contributed by atoms with van der Waals surface area (Å²) in [5.74, 6) is 0.718. The lowest BCUT2D eigenvalue weighted by Crippen LogP contribution is -2.25. The number of nitrogens with zero attached hydrogens (tertiary/aromatic N) is 4. The van der Waals surface area contributed by atoms with Gasteiger partial charge in [0.2, 0.25) is 0 Å². The molecule has 0 aliphatic heterocycles. The fourth-order valence-electron chi connectivity index (χ4n) is 4.23. The summed E-state index contributed by atoms with van der Waals surface area (Å²) in [6, 6.07) is 22.2. The monoisotopic (exact) mass is 474 g/mol. The molecule has 7 heteroatoms. The second-order valence-corrected chi connectivity index (χ2v) is 9.04. The predicted molar refractivity (Wildman–Crippen MR) is 141 cm³/mol. The van der Waals surface area contributed by atoms with Gasteiger partial charge in [-0.2, -0.15) is 0 Å². The normalized spacial score (nSPS) is 13.0. The van der Waals surface area contributed by atoms with Crippen LogP contribution in [0.25, 0.3) is 28.2 Å². The molecular formula is C29H26N6O. The lowest BCUT2D eigenvalue weighted by molar-refractivity contribution is 0.0951. The summed E-state index contributed by atoms with van der Waals surface area (Å²) in [6.45, 7) is 0.720. The van der Waals surface area contributed by atoms with E-state index in [1.807, 2.05) is 79.4 Å². The van der Waals surface area contributed by atoms with Crippen LogP contribution in [-0.4, -0.2) is 37.8 Å². The standard InChI is InChI=1S/C29H26N6O/c36-29(33-24-10-11-24)23-8-6-22(7-9-23)26-18-32-28-27(31-17-14-20-12-15-30-16-13-20)34-25(19-35(26)28)21-4-2-1-3-5-21/h1-9,12-13,15-16,18-19,24H,10-11,14,17H2,(H,31,34)(H,33,36). The van der Waals surface area contributed by atoms with Crippen molar-refractivity contribution < 1.29 is 4.79 Å². The third-order valence-corrected chi connectivity index (χ3v) is 6.37. The van der Waals surface area contributed by atoms with E-state index in [4.69, 9.17) is 9.97 Å². The lowest BCUT2D eigenvalue weighted by Gasteiger charge is -2.12. The van der Waals surface area contributed by atoms with E-state index in [2.05, 4.69) is 32.2 Å². The molecule has 2 aromatic carbocycles. The summed E-state index contributed by atoms with van der Waals surface area (Å²) in [5, 5.41) is 6.53. The number of pyridine rings is 1. The van der Waals surface area contributed by atoms with Crippen LogP contribution in [0.15, 0.2) is 91.5 Å². The highest BCUT2D eigenvalue weighted by Gasteiger charge is 2.23. The third-order valence-electron chi connectivity index (χ3n) is 6.37. The number of imidazole rings is 1. The van der Waals surface area contributed by atoms with Gasteiger partial charge in [-0.1, -0.05) is 42.5 Å². The minimum atomic E-state index is -0.0153. The SMILES string of the molecule is O=C(NC1CC1)c1ccc(-c2cnc3c(NCCc4ccncc4)nc(-c4ccccc4)cn23)cc1. The van der Waals surface area contributed by atoms with Crippen LogP contribution in [-0.2, 0) is 6.42 Å². The number of fused-ring (bicyclic) bond motifs is 1. The third kappa shape index (κ3) is 4.68. The molecule has 0 bridgehead atoms. The van der Waals surface area contributed by atoms with Crippen molar-refractivity contribution in [1.82, 2.24) is 24.7 Å². The van der Waals surface area contributed by atoms with E-state index in [-0.39, 0.29) is 5.91 Å². The molecule has 7 nitrogen and oxygen atoms in total. The average molecular weight is 475 g/mol. The highest BCUT2D eigenvalue weighted by atomic mass is 16.1. The van der Waals surface area contributed by atoms with E-state index < -0.39 is 0 Å². The number of carbonyl (C=O) groups excluding carboxylic acids is 1. The largest absolute Gasteiger partial charge is 0.367 e. The van der Waals surface area contributed by atoms with Crippen LogP contribution in [0.1, 0.15) is 28.8 Å². The van der Waals surface area contributed by atoms with Gasteiger partial charge in [0.15, 0.2) is 11.5 Å². The molecule has 1 amide bonds. The Morgan fingerprint density at radius 3 is 2.47 bits per heavy atom. The van der Waals surface area contributed by atoms with Crippen molar-refractivity contribution >= 4 is 17.4 Å². The van der Waals surface area contributed by atoms with Gasteiger partial charge in [-0.3, -0.25) is 14.2 Å². The predicted octanol–water partition coefficient (Wildman–Crippen LogP) is 5.01. The number of nitrogens with one attached hydrogen (secondary N) is 2. The Kier molecular flexibility index (Phi) is 5.87. The Balaban J connectivity index is 1.33. The maximum Gasteiger partial charge on any atom is 0.251 e. The molecule has 1 fully saturated rings. The summed E-state index contributed by atoms with van der Waals surface area (Å²) < 4.78 is 2.07. The maximum atomic E-state index is 12.4. The second-order valence-electron chi connectivity index (χ2n) is 9.04. The van der Waals surface area contributed by atoms with Crippen LogP contribution >= 0.6 is 0 Å². The van der Waals surface area contributed by atoms with Crippen molar-refractivity contribution in [3.63, 3.8) is 0 Å². The molecular weight excluding hydrogens is 448 g/mol. The first-order chi connectivity index (χ1) is 17.7. The van der Waals surface area contributed by atoms with E-state index in [9.17, 15) is 4.79 Å². The van der Waals surface area contributed by atoms with E-state index in [0.29, 0.717) is 11.6 Å². The summed E-state index contributed by atoms with van der Waals surface area (Å²) >= 11 is 0. The van der Waals surface area contributed by atoms with E-state index in [1.54, 1.807) is 0 Å².